The fourth-order valence-corrected chi connectivity index (χ4v) is 1.96. The number of sulfonamides is 1. The number of anilines is 1. The number of amides is 1. The van der Waals surface area contributed by atoms with Crippen LogP contribution < -0.4 is 21.3 Å². The Morgan fingerprint density at radius 2 is 2.00 bits per heavy atom. The summed E-state index contributed by atoms with van der Waals surface area (Å²) in [6.45, 7) is -0.00109. The molecule has 1 aromatic heterocycles. The predicted molar refractivity (Wildman–Crippen MR) is 63.7 cm³/mol. The van der Waals surface area contributed by atoms with Crippen molar-refractivity contribution in [2.45, 2.75) is 11.3 Å². The molecule has 0 atom stereocenters. The van der Waals surface area contributed by atoms with Gasteiger partial charge in [0.25, 0.3) is 0 Å². The number of hydrogen-bond donors (Lipinski definition) is 4. The molecule has 18 heavy (non-hydrogen) atoms. The summed E-state index contributed by atoms with van der Waals surface area (Å²) in [6.07, 6.45) is 2.29. The molecule has 1 heterocycles. The predicted octanol–water partition coefficient (Wildman–Crippen LogP) is -1.82. The molecule has 10 heteroatoms. The monoisotopic (exact) mass is 274 g/mol. The first-order valence-corrected chi connectivity index (χ1v) is 6.47. The van der Waals surface area contributed by atoms with E-state index in [0.29, 0.717) is 0 Å². The molecule has 0 saturated heterocycles. The Bertz CT molecular complexity index is 500. The van der Waals surface area contributed by atoms with Crippen molar-refractivity contribution in [2.24, 2.45) is 5.84 Å². The van der Waals surface area contributed by atoms with Crippen LogP contribution in [-0.2, 0) is 14.8 Å². The standard InChI is InChI=1S/C8H14N6O3S/c1-10-7(15)2-3-13-18(16,17)6-4-11-8(14-9)12-5-6/h4-5,13H,2-3,9H2,1H3,(H,10,15)(H,11,12,14). The van der Waals surface area contributed by atoms with E-state index in [2.05, 4.69) is 25.4 Å². The fourth-order valence-electron chi connectivity index (χ4n) is 1.04. The summed E-state index contributed by atoms with van der Waals surface area (Å²) >= 11 is 0. The molecule has 0 aromatic carbocycles. The molecule has 0 unspecified atom stereocenters. The van der Waals surface area contributed by atoms with Crippen LogP contribution in [0.3, 0.4) is 0 Å². The van der Waals surface area contributed by atoms with Gasteiger partial charge in [-0.2, -0.15) is 0 Å². The molecule has 0 radical (unpaired) electrons. The van der Waals surface area contributed by atoms with Crippen LogP contribution in [0.5, 0.6) is 0 Å². The number of nitrogen functional groups attached to an aromatic ring is 1. The van der Waals surface area contributed by atoms with Gasteiger partial charge in [-0.1, -0.05) is 0 Å². The lowest BCUT2D eigenvalue weighted by atomic mass is 10.4. The smallest absolute Gasteiger partial charge is 0.243 e. The van der Waals surface area contributed by atoms with Crippen molar-refractivity contribution in [2.75, 3.05) is 19.0 Å². The summed E-state index contributed by atoms with van der Waals surface area (Å²) in [7, 11) is -2.24. The topological polar surface area (TPSA) is 139 Å². The lowest BCUT2D eigenvalue weighted by Gasteiger charge is -2.06. The van der Waals surface area contributed by atoms with Crippen LogP contribution in [0.25, 0.3) is 0 Å². The number of rotatable bonds is 6. The van der Waals surface area contributed by atoms with E-state index in [-0.39, 0.29) is 29.7 Å². The zero-order valence-corrected chi connectivity index (χ0v) is 10.5. The molecule has 0 fully saturated rings. The maximum absolute atomic E-state index is 11.7. The number of nitrogens with zero attached hydrogens (tertiary/aromatic N) is 2. The molecule has 0 aliphatic carbocycles. The van der Waals surface area contributed by atoms with Gasteiger partial charge in [-0.05, 0) is 0 Å². The molecule has 0 aliphatic rings. The summed E-state index contributed by atoms with van der Waals surface area (Å²) in [4.78, 5) is 18.2. The second-order valence-electron chi connectivity index (χ2n) is 3.21. The summed E-state index contributed by atoms with van der Waals surface area (Å²) in [5.74, 6) is 4.91. The van der Waals surface area contributed by atoms with Gasteiger partial charge in [-0.25, -0.2) is 29.0 Å². The van der Waals surface area contributed by atoms with Gasteiger partial charge < -0.3 is 5.32 Å². The molecule has 0 bridgehead atoms. The average molecular weight is 274 g/mol. The van der Waals surface area contributed by atoms with Crippen LogP contribution in [0.2, 0.25) is 0 Å². The largest absolute Gasteiger partial charge is 0.359 e. The summed E-state index contributed by atoms with van der Waals surface area (Å²) in [5, 5.41) is 2.39. The summed E-state index contributed by atoms with van der Waals surface area (Å²) < 4.78 is 25.7. The summed E-state index contributed by atoms with van der Waals surface area (Å²) in [5.41, 5.74) is 2.18. The number of aromatic nitrogens is 2. The first kappa shape index (κ1) is 14.3. The van der Waals surface area contributed by atoms with Crippen molar-refractivity contribution in [3.8, 4) is 0 Å². The minimum Gasteiger partial charge on any atom is -0.359 e. The molecule has 1 amide bonds. The van der Waals surface area contributed by atoms with Crippen molar-refractivity contribution in [1.82, 2.24) is 20.0 Å². The van der Waals surface area contributed by atoms with Crippen molar-refractivity contribution in [1.29, 1.82) is 0 Å². The first-order valence-electron chi connectivity index (χ1n) is 4.98. The lowest BCUT2D eigenvalue weighted by molar-refractivity contribution is -0.120. The second kappa shape index (κ2) is 6.23. The van der Waals surface area contributed by atoms with Crippen LogP contribution in [0.1, 0.15) is 6.42 Å². The number of nitrogens with two attached hydrogens (primary N) is 1. The lowest BCUT2D eigenvalue weighted by Crippen LogP contribution is -2.29. The maximum Gasteiger partial charge on any atom is 0.243 e. The van der Waals surface area contributed by atoms with Crippen LogP contribution in [0, 0.1) is 0 Å². The zero-order chi connectivity index (χ0) is 13.6. The Morgan fingerprint density at radius 1 is 1.39 bits per heavy atom. The summed E-state index contributed by atoms with van der Waals surface area (Å²) in [6, 6.07) is 0. The molecule has 0 aliphatic heterocycles. The van der Waals surface area contributed by atoms with Gasteiger partial charge in [0.1, 0.15) is 4.90 Å². The molecule has 100 valence electrons. The van der Waals surface area contributed by atoms with Gasteiger partial charge in [0, 0.05) is 20.0 Å². The van der Waals surface area contributed by atoms with Gasteiger partial charge in [0.2, 0.25) is 21.9 Å². The van der Waals surface area contributed by atoms with E-state index in [1.807, 2.05) is 0 Å². The molecule has 1 rings (SSSR count). The molecule has 0 saturated carbocycles. The van der Waals surface area contributed by atoms with Crippen molar-refractivity contribution in [3.05, 3.63) is 12.4 Å². The molecule has 0 spiro atoms. The first-order chi connectivity index (χ1) is 8.49. The Balaban J connectivity index is 2.65. The van der Waals surface area contributed by atoms with Gasteiger partial charge in [-0.15, -0.1) is 0 Å². The Hall–Kier alpha value is -1.78. The minimum atomic E-state index is -3.71. The Kier molecular flexibility index (Phi) is 4.95. The van der Waals surface area contributed by atoms with Gasteiger partial charge in [-0.3, -0.25) is 10.2 Å². The van der Waals surface area contributed by atoms with E-state index in [9.17, 15) is 13.2 Å². The third-order valence-corrected chi connectivity index (χ3v) is 3.41. The van der Waals surface area contributed by atoms with E-state index in [1.54, 1.807) is 0 Å². The highest BCUT2D eigenvalue weighted by atomic mass is 32.2. The third-order valence-electron chi connectivity index (χ3n) is 1.99. The van der Waals surface area contributed by atoms with E-state index < -0.39 is 10.0 Å². The Labute approximate surface area is 104 Å². The normalized spacial score (nSPS) is 11.0. The van der Waals surface area contributed by atoms with Crippen LogP contribution in [0.4, 0.5) is 5.95 Å². The minimum absolute atomic E-state index is 0.00109. The average Bonchev–Trinajstić information content (AvgIpc) is 2.38. The van der Waals surface area contributed by atoms with Crippen LogP contribution >= 0.6 is 0 Å². The third kappa shape index (κ3) is 3.91. The highest BCUT2D eigenvalue weighted by Gasteiger charge is 2.15. The quantitative estimate of drug-likeness (QED) is 0.353. The van der Waals surface area contributed by atoms with Gasteiger partial charge in [0.15, 0.2) is 0 Å². The van der Waals surface area contributed by atoms with Crippen LogP contribution in [0.15, 0.2) is 17.3 Å². The number of hydrazine groups is 1. The van der Waals surface area contributed by atoms with E-state index in [1.165, 1.54) is 7.05 Å². The van der Waals surface area contributed by atoms with E-state index >= 15 is 0 Å². The van der Waals surface area contributed by atoms with Gasteiger partial charge in [0.05, 0.1) is 12.4 Å². The highest BCUT2D eigenvalue weighted by Crippen LogP contribution is 2.06. The highest BCUT2D eigenvalue weighted by molar-refractivity contribution is 7.89. The van der Waals surface area contributed by atoms with E-state index in [0.717, 1.165) is 12.4 Å². The van der Waals surface area contributed by atoms with Gasteiger partial charge >= 0.3 is 0 Å². The van der Waals surface area contributed by atoms with E-state index in [4.69, 9.17) is 5.84 Å². The molecular weight excluding hydrogens is 260 g/mol. The fraction of sp³-hybridized carbons (Fsp3) is 0.375. The number of hydrogen-bond acceptors (Lipinski definition) is 7. The SMILES string of the molecule is CNC(=O)CCNS(=O)(=O)c1cnc(NN)nc1. The molecule has 1 aromatic rings. The number of nitrogens with one attached hydrogen (secondary N) is 3. The van der Waals surface area contributed by atoms with Crippen molar-refractivity contribution >= 4 is 21.9 Å². The maximum atomic E-state index is 11.7. The van der Waals surface area contributed by atoms with Crippen molar-refractivity contribution < 1.29 is 13.2 Å². The second-order valence-corrected chi connectivity index (χ2v) is 4.97. The van der Waals surface area contributed by atoms with Crippen LogP contribution in [-0.4, -0.2) is 37.9 Å². The Morgan fingerprint density at radius 3 is 2.50 bits per heavy atom. The molecule has 5 N–H and O–H groups in total. The molecule has 9 nitrogen and oxygen atoms in total. The van der Waals surface area contributed by atoms with Crippen molar-refractivity contribution in [3.63, 3.8) is 0 Å². The number of carbonyl (C=O) groups is 1. The molecular formula is C8H14N6O3S. The number of carbonyl (C=O) groups excluding carboxylic acids is 1. The zero-order valence-electron chi connectivity index (χ0n) is 9.67.